The summed E-state index contributed by atoms with van der Waals surface area (Å²) >= 11 is 11.6. The highest BCUT2D eigenvalue weighted by molar-refractivity contribution is 6.42. The smallest absolute Gasteiger partial charge is 0.0894 e. The van der Waals surface area contributed by atoms with Crippen LogP contribution in [0, 0.1) is 6.20 Å². The van der Waals surface area contributed by atoms with Crippen molar-refractivity contribution in [2.24, 2.45) is 0 Å². The summed E-state index contributed by atoms with van der Waals surface area (Å²) in [7, 11) is 0. The minimum Gasteiger partial charge on any atom is -0.246 e. The van der Waals surface area contributed by atoms with Crippen molar-refractivity contribution >= 4 is 34.1 Å². The molecule has 1 radical (unpaired) electrons. The standard InChI is InChI=1S/C9H4Cl2N/c10-7-4-6-2-1-3-12-9(6)5-8(7)11/h1-2,4-5H. The quantitative estimate of drug-likeness (QED) is 0.631. The highest BCUT2D eigenvalue weighted by atomic mass is 35.5. The Balaban J connectivity index is 2.84. The molecule has 0 unspecified atom stereocenters. The van der Waals surface area contributed by atoms with Crippen molar-refractivity contribution < 1.29 is 0 Å². The highest BCUT2D eigenvalue weighted by Gasteiger charge is 1.99. The van der Waals surface area contributed by atoms with Crippen molar-refractivity contribution in [2.75, 3.05) is 0 Å². The molecule has 0 spiro atoms. The number of hydrogen-bond acceptors (Lipinski definition) is 1. The molecule has 0 fully saturated rings. The van der Waals surface area contributed by atoms with Crippen LogP contribution in [0.1, 0.15) is 0 Å². The summed E-state index contributed by atoms with van der Waals surface area (Å²) in [5, 5.41) is 2.05. The maximum absolute atomic E-state index is 5.82. The maximum atomic E-state index is 5.82. The van der Waals surface area contributed by atoms with E-state index >= 15 is 0 Å². The van der Waals surface area contributed by atoms with Crippen LogP contribution < -0.4 is 0 Å². The third kappa shape index (κ3) is 1.26. The van der Waals surface area contributed by atoms with Gasteiger partial charge >= 0.3 is 0 Å². The SMILES string of the molecule is Clc1cc2cc[c]nc2cc1Cl. The lowest BCUT2D eigenvalue weighted by atomic mass is 10.2. The molecule has 0 N–H and O–H groups in total. The van der Waals surface area contributed by atoms with Crippen LogP contribution in [0.3, 0.4) is 0 Å². The summed E-state index contributed by atoms with van der Waals surface area (Å²) in [6, 6.07) is 7.16. The van der Waals surface area contributed by atoms with Gasteiger partial charge in [-0.3, -0.25) is 0 Å². The molecule has 0 aliphatic rings. The molecule has 2 rings (SSSR count). The number of pyridine rings is 1. The van der Waals surface area contributed by atoms with Gasteiger partial charge in [-0.15, -0.1) is 0 Å². The van der Waals surface area contributed by atoms with Gasteiger partial charge < -0.3 is 0 Å². The van der Waals surface area contributed by atoms with Gasteiger partial charge in [-0.05, 0) is 18.2 Å². The van der Waals surface area contributed by atoms with Crippen molar-refractivity contribution in [3.63, 3.8) is 0 Å². The van der Waals surface area contributed by atoms with E-state index < -0.39 is 0 Å². The van der Waals surface area contributed by atoms with Gasteiger partial charge in [0.25, 0.3) is 0 Å². The summed E-state index contributed by atoms with van der Waals surface area (Å²) in [6.07, 6.45) is 2.73. The molecule has 0 atom stereocenters. The lowest BCUT2D eigenvalue weighted by Gasteiger charge is -1.98. The number of hydrogen-bond donors (Lipinski definition) is 0. The van der Waals surface area contributed by atoms with Gasteiger partial charge in [0, 0.05) is 5.39 Å². The zero-order valence-electron chi connectivity index (χ0n) is 6.01. The Labute approximate surface area is 79.9 Å². The molecule has 0 saturated heterocycles. The van der Waals surface area contributed by atoms with Crippen LogP contribution in [0.5, 0.6) is 0 Å². The van der Waals surface area contributed by atoms with E-state index in [1.54, 1.807) is 18.2 Å². The molecule has 0 amide bonds. The Hall–Kier alpha value is -0.790. The minimum absolute atomic E-state index is 0.524. The summed E-state index contributed by atoms with van der Waals surface area (Å²) in [5.74, 6) is 0. The summed E-state index contributed by atoms with van der Waals surface area (Å²) in [6.45, 7) is 0. The third-order valence-electron chi connectivity index (χ3n) is 1.59. The Kier molecular flexibility index (Phi) is 1.91. The Morgan fingerprint density at radius 3 is 2.75 bits per heavy atom. The highest BCUT2D eigenvalue weighted by Crippen LogP contribution is 2.26. The molecular formula is C9H4Cl2N. The van der Waals surface area contributed by atoms with Crippen molar-refractivity contribution in [2.45, 2.75) is 0 Å². The van der Waals surface area contributed by atoms with Crippen molar-refractivity contribution in [3.8, 4) is 0 Å². The van der Waals surface area contributed by atoms with Crippen LogP contribution >= 0.6 is 23.2 Å². The van der Waals surface area contributed by atoms with E-state index in [1.165, 1.54) is 0 Å². The molecule has 2 aromatic rings. The molecule has 3 heteroatoms. The molecule has 1 nitrogen and oxygen atoms in total. The Bertz CT molecular complexity index is 385. The van der Waals surface area contributed by atoms with E-state index in [1.807, 2.05) is 6.07 Å². The van der Waals surface area contributed by atoms with Gasteiger partial charge in [0.2, 0.25) is 0 Å². The minimum atomic E-state index is 0.524. The largest absolute Gasteiger partial charge is 0.246 e. The number of halogens is 2. The second-order valence-corrected chi connectivity index (χ2v) is 3.21. The van der Waals surface area contributed by atoms with Crippen LogP contribution in [0.2, 0.25) is 10.0 Å². The van der Waals surface area contributed by atoms with E-state index in [-0.39, 0.29) is 0 Å². The van der Waals surface area contributed by atoms with Crippen molar-refractivity contribution in [3.05, 3.63) is 40.5 Å². The molecule has 0 saturated carbocycles. The van der Waals surface area contributed by atoms with Crippen molar-refractivity contribution in [1.29, 1.82) is 0 Å². The van der Waals surface area contributed by atoms with Crippen LogP contribution in [-0.4, -0.2) is 4.98 Å². The average Bonchev–Trinajstić information content (AvgIpc) is 2.07. The number of nitrogens with zero attached hydrogens (tertiary/aromatic N) is 1. The zero-order chi connectivity index (χ0) is 8.55. The number of rotatable bonds is 0. The fourth-order valence-corrected chi connectivity index (χ4v) is 1.35. The van der Waals surface area contributed by atoms with E-state index in [9.17, 15) is 0 Å². The van der Waals surface area contributed by atoms with Crippen LogP contribution in [0.4, 0.5) is 0 Å². The first-order chi connectivity index (χ1) is 5.77. The molecular weight excluding hydrogens is 193 g/mol. The van der Waals surface area contributed by atoms with E-state index in [4.69, 9.17) is 23.2 Å². The van der Waals surface area contributed by atoms with Crippen LogP contribution in [-0.2, 0) is 0 Å². The van der Waals surface area contributed by atoms with E-state index in [0.29, 0.717) is 10.0 Å². The number of fused-ring (bicyclic) bond motifs is 1. The van der Waals surface area contributed by atoms with Gasteiger partial charge in [-0.25, -0.2) is 4.98 Å². The fraction of sp³-hybridized carbons (Fsp3) is 0. The van der Waals surface area contributed by atoms with Gasteiger partial charge in [-0.2, -0.15) is 0 Å². The van der Waals surface area contributed by atoms with E-state index in [2.05, 4.69) is 11.2 Å². The lowest BCUT2D eigenvalue weighted by Crippen LogP contribution is -1.78. The first kappa shape index (κ1) is 7.84. The molecule has 0 aliphatic carbocycles. The molecule has 1 aromatic heterocycles. The average molecular weight is 197 g/mol. The molecule has 12 heavy (non-hydrogen) atoms. The van der Waals surface area contributed by atoms with Crippen molar-refractivity contribution in [1.82, 2.24) is 4.98 Å². The van der Waals surface area contributed by atoms with E-state index in [0.717, 1.165) is 10.9 Å². The predicted molar refractivity (Wildman–Crippen MR) is 50.6 cm³/mol. The fourth-order valence-electron chi connectivity index (χ4n) is 1.02. The second-order valence-electron chi connectivity index (χ2n) is 2.40. The van der Waals surface area contributed by atoms with Gasteiger partial charge in [-0.1, -0.05) is 29.3 Å². The first-order valence-electron chi connectivity index (χ1n) is 3.39. The first-order valence-corrected chi connectivity index (χ1v) is 4.15. The monoisotopic (exact) mass is 196 g/mol. The van der Waals surface area contributed by atoms with Gasteiger partial charge in [0.05, 0.1) is 21.8 Å². The topological polar surface area (TPSA) is 12.9 Å². The Morgan fingerprint density at radius 1 is 1.17 bits per heavy atom. The van der Waals surface area contributed by atoms with Crippen LogP contribution in [0.25, 0.3) is 10.9 Å². The number of aromatic nitrogens is 1. The third-order valence-corrected chi connectivity index (χ3v) is 2.31. The maximum Gasteiger partial charge on any atom is 0.0894 e. The van der Waals surface area contributed by atoms with Crippen LogP contribution in [0.15, 0.2) is 24.3 Å². The summed E-state index contributed by atoms with van der Waals surface area (Å²) in [5.41, 5.74) is 0.812. The number of benzene rings is 1. The zero-order valence-corrected chi connectivity index (χ0v) is 7.52. The summed E-state index contributed by atoms with van der Waals surface area (Å²) in [4.78, 5) is 4.02. The predicted octanol–water partition coefficient (Wildman–Crippen LogP) is 3.34. The molecule has 1 aromatic carbocycles. The Morgan fingerprint density at radius 2 is 1.92 bits per heavy atom. The van der Waals surface area contributed by atoms with Gasteiger partial charge in [0.1, 0.15) is 0 Å². The van der Waals surface area contributed by atoms with Gasteiger partial charge in [0.15, 0.2) is 0 Å². The molecule has 1 heterocycles. The summed E-state index contributed by atoms with van der Waals surface area (Å²) < 4.78 is 0. The second kappa shape index (κ2) is 2.92. The molecule has 59 valence electrons. The molecule has 0 bridgehead atoms. The molecule has 0 aliphatic heterocycles. The lowest BCUT2D eigenvalue weighted by molar-refractivity contribution is 1.39. The normalized spacial score (nSPS) is 10.5.